The summed E-state index contributed by atoms with van der Waals surface area (Å²) in [4.78, 5) is 12.6. The summed E-state index contributed by atoms with van der Waals surface area (Å²) in [7, 11) is 0. The number of Topliss-reactive ketones (excluding diaryl/α,β-unsaturated/α-hetero) is 1. The van der Waals surface area contributed by atoms with E-state index in [2.05, 4.69) is 5.32 Å². The maximum absolute atomic E-state index is 12.6. The van der Waals surface area contributed by atoms with E-state index in [1.54, 1.807) is 36.4 Å². The molecule has 1 N–H and O–H groups in total. The van der Waals surface area contributed by atoms with Crippen molar-refractivity contribution in [1.29, 1.82) is 0 Å². The van der Waals surface area contributed by atoms with Crippen molar-refractivity contribution >= 4 is 29.0 Å². The lowest BCUT2D eigenvalue weighted by Crippen LogP contribution is -2.28. The Morgan fingerprint density at radius 1 is 1.00 bits per heavy atom. The molecule has 0 aliphatic carbocycles. The van der Waals surface area contributed by atoms with Gasteiger partial charge in [0.2, 0.25) is 0 Å². The van der Waals surface area contributed by atoms with E-state index in [1.807, 2.05) is 19.1 Å². The van der Waals surface area contributed by atoms with Crippen LogP contribution in [0.25, 0.3) is 0 Å². The van der Waals surface area contributed by atoms with Gasteiger partial charge in [-0.15, -0.1) is 0 Å². The summed E-state index contributed by atoms with van der Waals surface area (Å²) in [6.07, 6.45) is 0. The average Bonchev–Trinajstić information content (AvgIpc) is 2.46. The molecule has 104 valence electrons. The van der Waals surface area contributed by atoms with Gasteiger partial charge in [-0.1, -0.05) is 42.3 Å². The van der Waals surface area contributed by atoms with Gasteiger partial charge in [-0.2, -0.15) is 0 Å². The Morgan fingerprint density at radius 3 is 2.00 bits per heavy atom. The number of carbonyl (C=O) groups excluding carboxylic acids is 1. The van der Waals surface area contributed by atoms with Crippen LogP contribution in [0.2, 0.25) is 10.0 Å². The van der Waals surface area contributed by atoms with Crippen LogP contribution in [0.4, 0.5) is 0 Å². The zero-order valence-corrected chi connectivity index (χ0v) is 12.6. The summed E-state index contributed by atoms with van der Waals surface area (Å²) in [5.41, 5.74) is 1.53. The number of halogens is 2. The Morgan fingerprint density at radius 2 is 1.50 bits per heavy atom. The fourth-order valence-electron chi connectivity index (χ4n) is 2.00. The predicted molar refractivity (Wildman–Crippen MR) is 83.7 cm³/mol. The second kappa shape index (κ2) is 6.89. The first-order chi connectivity index (χ1) is 9.61. The lowest BCUT2D eigenvalue weighted by Gasteiger charge is -2.17. The van der Waals surface area contributed by atoms with Crippen molar-refractivity contribution in [3.05, 3.63) is 69.7 Å². The van der Waals surface area contributed by atoms with E-state index < -0.39 is 0 Å². The molecule has 1 unspecified atom stereocenters. The van der Waals surface area contributed by atoms with Crippen LogP contribution in [0.3, 0.4) is 0 Å². The number of benzene rings is 2. The summed E-state index contributed by atoms with van der Waals surface area (Å²) in [5.74, 6) is 0.0193. The zero-order chi connectivity index (χ0) is 14.5. The van der Waals surface area contributed by atoms with Crippen molar-refractivity contribution in [2.45, 2.75) is 13.0 Å². The maximum atomic E-state index is 12.6. The molecule has 2 nitrogen and oxygen atoms in total. The van der Waals surface area contributed by atoms with Gasteiger partial charge in [-0.3, -0.25) is 4.79 Å². The normalized spacial score (nSPS) is 12.2. The minimum atomic E-state index is -0.376. The summed E-state index contributed by atoms with van der Waals surface area (Å²) in [5, 5.41) is 4.48. The molecule has 2 rings (SSSR count). The van der Waals surface area contributed by atoms with E-state index in [9.17, 15) is 4.79 Å². The highest BCUT2D eigenvalue weighted by Crippen LogP contribution is 2.21. The third-order valence-electron chi connectivity index (χ3n) is 3.00. The van der Waals surface area contributed by atoms with Crippen molar-refractivity contribution in [3.8, 4) is 0 Å². The van der Waals surface area contributed by atoms with Crippen LogP contribution in [0.1, 0.15) is 28.9 Å². The molecule has 2 aromatic carbocycles. The number of hydrogen-bond acceptors (Lipinski definition) is 2. The number of likely N-dealkylation sites (N-methyl/N-ethyl adjacent to an activating group) is 1. The summed E-state index contributed by atoms with van der Waals surface area (Å²) in [6.45, 7) is 2.67. The van der Waals surface area contributed by atoms with Gasteiger partial charge in [0.25, 0.3) is 0 Å². The number of rotatable bonds is 5. The molecule has 0 fully saturated rings. The van der Waals surface area contributed by atoms with E-state index >= 15 is 0 Å². The third kappa shape index (κ3) is 3.60. The molecular weight excluding hydrogens is 293 g/mol. The molecule has 0 aliphatic rings. The van der Waals surface area contributed by atoms with Crippen LogP contribution < -0.4 is 5.32 Å². The predicted octanol–water partition coefficient (Wildman–Crippen LogP) is 4.53. The fraction of sp³-hybridized carbons (Fsp3) is 0.188. The Kier molecular flexibility index (Phi) is 5.18. The Hall–Kier alpha value is -1.35. The van der Waals surface area contributed by atoms with Crippen LogP contribution in [0.5, 0.6) is 0 Å². The van der Waals surface area contributed by atoms with Crippen molar-refractivity contribution in [3.63, 3.8) is 0 Å². The first-order valence-corrected chi connectivity index (χ1v) is 7.16. The molecule has 0 amide bonds. The van der Waals surface area contributed by atoms with Gasteiger partial charge < -0.3 is 5.32 Å². The highest BCUT2D eigenvalue weighted by Gasteiger charge is 2.20. The quantitative estimate of drug-likeness (QED) is 0.822. The molecule has 0 bridgehead atoms. The molecule has 0 radical (unpaired) electrons. The standard InChI is InChI=1S/C16H15Cl2NO/c1-2-19-15(11-3-7-13(17)8-4-11)16(20)12-5-9-14(18)10-6-12/h3-10,15,19H,2H2,1H3. The van der Waals surface area contributed by atoms with Gasteiger partial charge in [0.05, 0.1) is 6.04 Å². The number of hydrogen-bond donors (Lipinski definition) is 1. The highest BCUT2D eigenvalue weighted by atomic mass is 35.5. The van der Waals surface area contributed by atoms with Crippen molar-refractivity contribution in [2.24, 2.45) is 0 Å². The molecule has 1 atom stereocenters. The lowest BCUT2D eigenvalue weighted by atomic mass is 9.97. The monoisotopic (exact) mass is 307 g/mol. The molecular formula is C16H15Cl2NO. The van der Waals surface area contributed by atoms with E-state index in [0.29, 0.717) is 22.2 Å². The lowest BCUT2D eigenvalue weighted by molar-refractivity contribution is 0.0944. The van der Waals surface area contributed by atoms with E-state index in [0.717, 1.165) is 5.56 Å². The second-order valence-electron chi connectivity index (χ2n) is 4.41. The topological polar surface area (TPSA) is 29.1 Å². The Bertz CT molecular complexity index is 578. The zero-order valence-electron chi connectivity index (χ0n) is 11.1. The molecule has 0 saturated heterocycles. The first-order valence-electron chi connectivity index (χ1n) is 6.40. The molecule has 2 aromatic rings. The van der Waals surface area contributed by atoms with Crippen LogP contribution in [-0.4, -0.2) is 12.3 Å². The Labute approximate surface area is 128 Å². The SMILES string of the molecule is CCNC(C(=O)c1ccc(Cl)cc1)c1ccc(Cl)cc1. The van der Waals surface area contributed by atoms with E-state index in [-0.39, 0.29) is 11.8 Å². The molecule has 0 spiro atoms. The largest absolute Gasteiger partial charge is 0.304 e. The number of ketones is 1. The molecule has 0 aliphatic heterocycles. The van der Waals surface area contributed by atoms with E-state index in [1.165, 1.54) is 0 Å². The number of carbonyl (C=O) groups is 1. The van der Waals surface area contributed by atoms with Crippen molar-refractivity contribution < 1.29 is 4.79 Å². The molecule has 0 saturated carbocycles. The highest BCUT2D eigenvalue weighted by molar-refractivity contribution is 6.31. The first kappa shape index (κ1) is 15.0. The third-order valence-corrected chi connectivity index (χ3v) is 3.51. The maximum Gasteiger partial charge on any atom is 0.184 e. The van der Waals surface area contributed by atoms with E-state index in [4.69, 9.17) is 23.2 Å². The van der Waals surface area contributed by atoms with Gasteiger partial charge in [0.15, 0.2) is 5.78 Å². The summed E-state index contributed by atoms with van der Waals surface area (Å²) >= 11 is 11.7. The minimum absolute atomic E-state index is 0.0193. The average molecular weight is 308 g/mol. The van der Waals surface area contributed by atoms with Crippen molar-refractivity contribution in [2.75, 3.05) is 6.54 Å². The van der Waals surface area contributed by atoms with Crippen LogP contribution in [0, 0.1) is 0 Å². The number of nitrogens with one attached hydrogen (secondary N) is 1. The van der Waals surface area contributed by atoms with Crippen LogP contribution in [0.15, 0.2) is 48.5 Å². The van der Waals surface area contributed by atoms with Gasteiger partial charge in [-0.05, 0) is 48.5 Å². The second-order valence-corrected chi connectivity index (χ2v) is 5.29. The van der Waals surface area contributed by atoms with Crippen LogP contribution in [-0.2, 0) is 0 Å². The van der Waals surface area contributed by atoms with Crippen LogP contribution >= 0.6 is 23.2 Å². The molecule has 0 heterocycles. The fourth-order valence-corrected chi connectivity index (χ4v) is 2.25. The van der Waals surface area contributed by atoms with Gasteiger partial charge >= 0.3 is 0 Å². The van der Waals surface area contributed by atoms with Gasteiger partial charge in [0, 0.05) is 15.6 Å². The van der Waals surface area contributed by atoms with Gasteiger partial charge in [-0.25, -0.2) is 0 Å². The Balaban J connectivity index is 2.30. The van der Waals surface area contributed by atoms with Crippen molar-refractivity contribution in [1.82, 2.24) is 5.32 Å². The molecule has 0 aromatic heterocycles. The molecule has 20 heavy (non-hydrogen) atoms. The summed E-state index contributed by atoms with van der Waals surface area (Å²) < 4.78 is 0. The summed E-state index contributed by atoms with van der Waals surface area (Å²) in [6, 6.07) is 13.9. The van der Waals surface area contributed by atoms with Gasteiger partial charge in [0.1, 0.15) is 0 Å². The smallest absolute Gasteiger partial charge is 0.184 e. The minimum Gasteiger partial charge on any atom is -0.304 e. The molecule has 4 heteroatoms.